The summed E-state index contributed by atoms with van der Waals surface area (Å²) in [5, 5.41) is 21.0. The maximum atomic E-state index is 11.0. The lowest BCUT2D eigenvalue weighted by Crippen LogP contribution is -2.24. The SMILES string of the molecule is CCOc1cc(/C=C(/NC(C)=O)C(=O)O)cc(I)c1O. The van der Waals surface area contributed by atoms with Crippen molar-refractivity contribution in [1.82, 2.24) is 5.32 Å². The smallest absolute Gasteiger partial charge is 0.352 e. The number of phenols is 1. The van der Waals surface area contributed by atoms with Crippen molar-refractivity contribution in [3.8, 4) is 11.5 Å². The molecule has 0 fully saturated rings. The molecule has 0 aliphatic carbocycles. The van der Waals surface area contributed by atoms with E-state index in [4.69, 9.17) is 9.84 Å². The topological polar surface area (TPSA) is 95.9 Å². The molecule has 108 valence electrons. The van der Waals surface area contributed by atoms with Gasteiger partial charge in [-0.2, -0.15) is 0 Å². The fourth-order valence-electron chi connectivity index (χ4n) is 1.45. The minimum atomic E-state index is -1.25. The Hall–Kier alpha value is -1.77. The van der Waals surface area contributed by atoms with Gasteiger partial charge in [0.15, 0.2) is 11.5 Å². The second-order valence-electron chi connectivity index (χ2n) is 3.83. The van der Waals surface area contributed by atoms with Gasteiger partial charge in [0.1, 0.15) is 5.70 Å². The van der Waals surface area contributed by atoms with Crippen LogP contribution in [0.5, 0.6) is 11.5 Å². The van der Waals surface area contributed by atoms with Crippen molar-refractivity contribution >= 4 is 40.5 Å². The number of aromatic hydroxyl groups is 1. The molecule has 0 aromatic heterocycles. The predicted octanol–water partition coefficient (Wildman–Crippen LogP) is 1.96. The van der Waals surface area contributed by atoms with Crippen LogP contribution in [0.1, 0.15) is 19.4 Å². The molecule has 0 radical (unpaired) electrons. The number of hydrogen-bond acceptors (Lipinski definition) is 4. The van der Waals surface area contributed by atoms with Gasteiger partial charge in [-0.15, -0.1) is 0 Å². The molecule has 0 atom stereocenters. The number of rotatable bonds is 5. The van der Waals surface area contributed by atoms with Gasteiger partial charge < -0.3 is 20.3 Å². The summed E-state index contributed by atoms with van der Waals surface area (Å²) in [5.74, 6) is -1.46. The van der Waals surface area contributed by atoms with E-state index in [9.17, 15) is 14.7 Å². The lowest BCUT2D eigenvalue weighted by atomic mass is 10.1. The summed E-state index contributed by atoms with van der Waals surface area (Å²) in [6.07, 6.45) is 1.30. The highest BCUT2D eigenvalue weighted by atomic mass is 127. The van der Waals surface area contributed by atoms with Gasteiger partial charge >= 0.3 is 5.97 Å². The molecule has 0 saturated heterocycles. The van der Waals surface area contributed by atoms with Crippen LogP contribution in [-0.2, 0) is 9.59 Å². The quantitative estimate of drug-likeness (QED) is 0.527. The Morgan fingerprint density at radius 3 is 2.60 bits per heavy atom. The van der Waals surface area contributed by atoms with E-state index >= 15 is 0 Å². The van der Waals surface area contributed by atoms with Crippen molar-refractivity contribution in [2.75, 3.05) is 6.61 Å². The summed E-state index contributed by atoms with van der Waals surface area (Å²) in [6.45, 7) is 3.37. The molecule has 1 rings (SSSR count). The van der Waals surface area contributed by atoms with Crippen LogP contribution in [-0.4, -0.2) is 28.7 Å². The second-order valence-corrected chi connectivity index (χ2v) is 4.99. The van der Waals surface area contributed by atoms with Crippen LogP contribution in [0.25, 0.3) is 6.08 Å². The van der Waals surface area contributed by atoms with Gasteiger partial charge in [0.25, 0.3) is 0 Å². The third kappa shape index (κ3) is 4.41. The summed E-state index contributed by atoms with van der Waals surface area (Å²) in [4.78, 5) is 22.0. The Kier molecular flexibility index (Phi) is 5.81. The van der Waals surface area contributed by atoms with E-state index in [0.29, 0.717) is 15.7 Å². The van der Waals surface area contributed by atoms with Crippen molar-refractivity contribution in [1.29, 1.82) is 0 Å². The van der Waals surface area contributed by atoms with E-state index in [1.54, 1.807) is 13.0 Å². The molecule has 1 aromatic carbocycles. The maximum Gasteiger partial charge on any atom is 0.352 e. The maximum absolute atomic E-state index is 11.0. The fourth-order valence-corrected chi connectivity index (χ4v) is 2.08. The number of benzene rings is 1. The largest absolute Gasteiger partial charge is 0.504 e. The standard InChI is InChI=1S/C13H14INO5/c1-3-20-11-6-8(4-9(14)12(11)17)5-10(13(18)19)15-7(2)16/h4-6,17H,3H2,1-2H3,(H,15,16)(H,18,19)/b10-5+. The van der Waals surface area contributed by atoms with Gasteiger partial charge in [-0.25, -0.2) is 4.79 Å². The van der Waals surface area contributed by atoms with Gasteiger partial charge in [-0.05, 0) is 53.3 Å². The lowest BCUT2D eigenvalue weighted by molar-refractivity contribution is -0.134. The van der Waals surface area contributed by atoms with Crippen LogP contribution >= 0.6 is 22.6 Å². The van der Waals surface area contributed by atoms with E-state index in [1.165, 1.54) is 19.1 Å². The molecule has 0 aliphatic rings. The molecule has 1 amide bonds. The summed E-state index contributed by atoms with van der Waals surface area (Å²) >= 11 is 1.91. The first-order valence-electron chi connectivity index (χ1n) is 5.73. The molecule has 7 heteroatoms. The fraction of sp³-hybridized carbons (Fsp3) is 0.231. The molecule has 0 spiro atoms. The molecule has 1 aromatic rings. The summed E-state index contributed by atoms with van der Waals surface area (Å²) in [5.41, 5.74) is 0.253. The molecule has 3 N–H and O–H groups in total. The second kappa shape index (κ2) is 7.13. The minimum absolute atomic E-state index is 0.000928. The molecule has 0 heterocycles. The number of carboxylic acid groups (broad SMARTS) is 1. The van der Waals surface area contributed by atoms with Crippen molar-refractivity contribution in [3.63, 3.8) is 0 Å². The van der Waals surface area contributed by atoms with Gasteiger partial charge in [0.05, 0.1) is 10.2 Å². The molecule has 6 nitrogen and oxygen atoms in total. The van der Waals surface area contributed by atoms with Crippen LogP contribution in [0.3, 0.4) is 0 Å². The molecule has 0 bridgehead atoms. The number of aliphatic carboxylic acids is 1. The van der Waals surface area contributed by atoms with Crippen LogP contribution in [0.4, 0.5) is 0 Å². The molecule has 0 aliphatic heterocycles. The first-order chi connectivity index (χ1) is 9.35. The number of phenolic OH excluding ortho intramolecular Hbond substituents is 1. The Balaban J connectivity index is 3.23. The van der Waals surface area contributed by atoms with Crippen molar-refractivity contribution < 1.29 is 24.5 Å². The number of hydrogen-bond donors (Lipinski definition) is 3. The number of halogens is 1. The number of carboxylic acids is 1. The Morgan fingerprint density at radius 2 is 2.10 bits per heavy atom. The normalized spacial score (nSPS) is 11.1. The zero-order valence-electron chi connectivity index (χ0n) is 10.9. The van der Waals surface area contributed by atoms with Gasteiger partial charge in [-0.1, -0.05) is 0 Å². The average Bonchev–Trinajstić information content (AvgIpc) is 2.34. The van der Waals surface area contributed by atoms with Gasteiger partial charge in [0, 0.05) is 6.92 Å². The summed E-state index contributed by atoms with van der Waals surface area (Å²) in [7, 11) is 0. The van der Waals surface area contributed by atoms with Gasteiger partial charge in [-0.3, -0.25) is 4.79 Å². The Labute approximate surface area is 129 Å². The first kappa shape index (κ1) is 16.3. The monoisotopic (exact) mass is 391 g/mol. The molecule has 0 saturated carbocycles. The highest BCUT2D eigenvalue weighted by molar-refractivity contribution is 14.1. The first-order valence-corrected chi connectivity index (χ1v) is 6.81. The van der Waals surface area contributed by atoms with E-state index < -0.39 is 11.9 Å². The number of ether oxygens (including phenoxy) is 1. The molecular weight excluding hydrogens is 377 g/mol. The van der Waals surface area contributed by atoms with Crippen LogP contribution < -0.4 is 10.1 Å². The third-order valence-electron chi connectivity index (χ3n) is 2.20. The van der Waals surface area contributed by atoms with E-state index in [-0.39, 0.29) is 17.2 Å². The van der Waals surface area contributed by atoms with E-state index in [0.717, 1.165) is 0 Å². The van der Waals surface area contributed by atoms with E-state index in [1.807, 2.05) is 22.6 Å². The zero-order valence-corrected chi connectivity index (χ0v) is 13.1. The number of nitrogens with one attached hydrogen (secondary N) is 1. The lowest BCUT2D eigenvalue weighted by Gasteiger charge is -2.09. The van der Waals surface area contributed by atoms with Crippen LogP contribution in [0.15, 0.2) is 17.8 Å². The Bertz CT molecular complexity index is 568. The third-order valence-corrected chi connectivity index (χ3v) is 3.03. The Morgan fingerprint density at radius 1 is 1.45 bits per heavy atom. The molecular formula is C13H14INO5. The van der Waals surface area contributed by atoms with Crippen molar-refractivity contribution in [3.05, 3.63) is 27.0 Å². The number of amides is 1. The van der Waals surface area contributed by atoms with Crippen LogP contribution in [0, 0.1) is 3.57 Å². The minimum Gasteiger partial charge on any atom is -0.504 e. The van der Waals surface area contributed by atoms with Gasteiger partial charge in [0.2, 0.25) is 5.91 Å². The zero-order chi connectivity index (χ0) is 15.3. The summed E-state index contributed by atoms with van der Waals surface area (Å²) < 4.78 is 5.78. The highest BCUT2D eigenvalue weighted by Crippen LogP contribution is 2.33. The predicted molar refractivity (Wildman–Crippen MR) is 81.4 cm³/mol. The summed E-state index contributed by atoms with van der Waals surface area (Å²) in [6, 6.07) is 3.09. The number of carbonyl (C=O) groups excluding carboxylic acids is 1. The van der Waals surface area contributed by atoms with Crippen molar-refractivity contribution in [2.45, 2.75) is 13.8 Å². The van der Waals surface area contributed by atoms with Crippen LogP contribution in [0.2, 0.25) is 0 Å². The average molecular weight is 391 g/mol. The number of carbonyl (C=O) groups is 2. The molecule has 0 unspecified atom stereocenters. The highest BCUT2D eigenvalue weighted by Gasteiger charge is 2.12. The van der Waals surface area contributed by atoms with Crippen molar-refractivity contribution in [2.24, 2.45) is 0 Å². The molecule has 20 heavy (non-hydrogen) atoms. The van der Waals surface area contributed by atoms with E-state index in [2.05, 4.69) is 5.32 Å².